The summed E-state index contributed by atoms with van der Waals surface area (Å²) in [6.45, 7) is 0.538. The Balaban J connectivity index is 1.95. The summed E-state index contributed by atoms with van der Waals surface area (Å²) >= 11 is 5.58. The van der Waals surface area contributed by atoms with E-state index < -0.39 is 12.0 Å². The van der Waals surface area contributed by atoms with Gasteiger partial charge >= 0.3 is 6.18 Å². The number of hydrogen-bond acceptors (Lipinski definition) is 3. The van der Waals surface area contributed by atoms with Crippen molar-refractivity contribution in [1.82, 2.24) is 9.97 Å². The monoisotopic (exact) mass is 305 g/mol. The summed E-state index contributed by atoms with van der Waals surface area (Å²) in [6, 6.07) is 1.30. The third-order valence-electron chi connectivity index (χ3n) is 3.09. The second-order valence-corrected chi connectivity index (χ2v) is 5.07. The Bertz CT molecular complexity index is 500. The fourth-order valence-electron chi connectivity index (χ4n) is 2.12. The highest BCUT2D eigenvalue weighted by Gasteiger charge is 2.35. The molecule has 0 saturated heterocycles. The maximum Gasteiger partial charge on any atom is 0.451 e. The van der Waals surface area contributed by atoms with Crippen LogP contribution >= 0.6 is 11.6 Å². The second kappa shape index (κ2) is 6.43. The molecule has 1 aliphatic carbocycles. The molecule has 2 rings (SSSR count). The molecule has 0 unspecified atom stereocenters. The largest absolute Gasteiger partial charge is 0.451 e. The summed E-state index contributed by atoms with van der Waals surface area (Å²) in [7, 11) is 0. The van der Waals surface area contributed by atoms with Gasteiger partial charge in [0.05, 0.1) is 0 Å². The van der Waals surface area contributed by atoms with Gasteiger partial charge in [0.2, 0.25) is 5.82 Å². The van der Waals surface area contributed by atoms with Crippen LogP contribution in [0.25, 0.3) is 0 Å². The van der Waals surface area contributed by atoms with E-state index in [1.807, 2.05) is 0 Å². The van der Waals surface area contributed by atoms with Crippen molar-refractivity contribution in [3.05, 3.63) is 28.7 Å². The van der Waals surface area contributed by atoms with Crippen LogP contribution in [0.15, 0.2) is 17.7 Å². The third kappa shape index (κ3) is 4.37. The molecule has 20 heavy (non-hydrogen) atoms. The molecule has 0 radical (unpaired) electrons. The highest BCUT2D eigenvalue weighted by molar-refractivity contribution is 6.29. The van der Waals surface area contributed by atoms with Crippen molar-refractivity contribution < 1.29 is 13.2 Å². The molecule has 0 aromatic carbocycles. The predicted octanol–water partition coefficient (Wildman–Crippen LogP) is 4.45. The number of alkyl halides is 3. The van der Waals surface area contributed by atoms with Gasteiger partial charge < -0.3 is 5.32 Å². The van der Waals surface area contributed by atoms with E-state index in [9.17, 15) is 13.2 Å². The standard InChI is InChI=1S/C13H15ClF3N3/c14-10-8-11(20-12(19-10)13(15,16)17)18-7-6-9-4-2-1-3-5-9/h4,8H,1-3,5-7H2,(H,18,19,20). The quantitative estimate of drug-likeness (QED) is 0.659. The number of nitrogens with one attached hydrogen (secondary N) is 1. The van der Waals surface area contributed by atoms with Crippen LogP contribution in [-0.4, -0.2) is 16.5 Å². The lowest BCUT2D eigenvalue weighted by molar-refractivity contribution is -0.144. The SMILES string of the molecule is FC(F)(F)c1nc(Cl)cc(NCCC2=CCCCC2)n1. The molecule has 110 valence electrons. The molecule has 0 spiro atoms. The van der Waals surface area contributed by atoms with Crippen molar-refractivity contribution in [2.75, 3.05) is 11.9 Å². The van der Waals surface area contributed by atoms with E-state index >= 15 is 0 Å². The van der Waals surface area contributed by atoms with Crippen molar-refractivity contribution in [3.8, 4) is 0 Å². The van der Waals surface area contributed by atoms with Crippen molar-refractivity contribution in [2.45, 2.75) is 38.3 Å². The lowest BCUT2D eigenvalue weighted by Crippen LogP contribution is -2.14. The normalized spacial score (nSPS) is 15.9. The maximum absolute atomic E-state index is 12.5. The Morgan fingerprint density at radius 2 is 2.05 bits per heavy atom. The number of allylic oxidation sites excluding steroid dienone is 1. The van der Waals surface area contributed by atoms with E-state index in [1.54, 1.807) is 0 Å². The maximum atomic E-state index is 12.5. The van der Waals surface area contributed by atoms with Crippen LogP contribution in [0.1, 0.15) is 37.9 Å². The molecule has 7 heteroatoms. The fourth-order valence-corrected chi connectivity index (χ4v) is 2.30. The first-order valence-electron chi connectivity index (χ1n) is 6.49. The van der Waals surface area contributed by atoms with E-state index in [2.05, 4.69) is 21.4 Å². The van der Waals surface area contributed by atoms with Crippen molar-refractivity contribution >= 4 is 17.4 Å². The molecule has 1 aromatic heterocycles. The third-order valence-corrected chi connectivity index (χ3v) is 3.28. The van der Waals surface area contributed by atoms with Gasteiger partial charge in [0.1, 0.15) is 11.0 Å². The molecule has 0 amide bonds. The summed E-state index contributed by atoms with van der Waals surface area (Å²) in [5.74, 6) is -1.11. The molecule has 1 aromatic rings. The van der Waals surface area contributed by atoms with E-state index in [0.717, 1.165) is 19.3 Å². The topological polar surface area (TPSA) is 37.8 Å². The first-order valence-corrected chi connectivity index (χ1v) is 6.86. The lowest BCUT2D eigenvalue weighted by atomic mass is 9.97. The van der Waals surface area contributed by atoms with Crippen LogP contribution in [0, 0.1) is 0 Å². The van der Waals surface area contributed by atoms with E-state index in [-0.39, 0.29) is 11.0 Å². The van der Waals surface area contributed by atoms with Crippen LogP contribution in [0.2, 0.25) is 5.15 Å². The van der Waals surface area contributed by atoms with Crippen molar-refractivity contribution in [2.24, 2.45) is 0 Å². The minimum atomic E-state index is -4.59. The highest BCUT2D eigenvalue weighted by atomic mass is 35.5. The Hall–Kier alpha value is -1.30. The Morgan fingerprint density at radius 1 is 1.25 bits per heavy atom. The summed E-state index contributed by atoms with van der Waals surface area (Å²) in [5, 5.41) is 2.65. The first-order chi connectivity index (χ1) is 9.45. The molecule has 0 saturated carbocycles. The molecule has 0 bridgehead atoms. The fraction of sp³-hybridized carbons (Fsp3) is 0.538. The van der Waals surface area contributed by atoms with E-state index in [4.69, 9.17) is 11.6 Å². The highest BCUT2D eigenvalue weighted by Crippen LogP contribution is 2.28. The number of anilines is 1. The predicted molar refractivity (Wildman–Crippen MR) is 71.7 cm³/mol. The van der Waals surface area contributed by atoms with Crippen molar-refractivity contribution in [3.63, 3.8) is 0 Å². The molecular weight excluding hydrogens is 291 g/mol. The van der Waals surface area contributed by atoms with E-state index in [0.29, 0.717) is 6.54 Å². The van der Waals surface area contributed by atoms with Gasteiger partial charge in [-0.2, -0.15) is 13.2 Å². The van der Waals surface area contributed by atoms with Crippen LogP contribution in [0.5, 0.6) is 0 Å². The number of halogens is 4. The molecule has 1 aliphatic rings. The molecule has 0 fully saturated rings. The second-order valence-electron chi connectivity index (χ2n) is 4.68. The van der Waals surface area contributed by atoms with Crippen LogP contribution in [-0.2, 0) is 6.18 Å². The zero-order valence-electron chi connectivity index (χ0n) is 10.8. The summed E-state index contributed by atoms with van der Waals surface area (Å²) in [4.78, 5) is 6.62. The van der Waals surface area contributed by atoms with Gasteiger partial charge in [0, 0.05) is 12.6 Å². The Kier molecular flexibility index (Phi) is 4.86. The minimum absolute atomic E-state index is 0.105. The zero-order chi connectivity index (χ0) is 14.6. The number of rotatable bonds is 4. The number of hydrogen-bond donors (Lipinski definition) is 1. The molecule has 1 heterocycles. The van der Waals surface area contributed by atoms with Gasteiger partial charge in [0.15, 0.2) is 0 Å². The van der Waals surface area contributed by atoms with Crippen LogP contribution < -0.4 is 5.32 Å². The van der Waals surface area contributed by atoms with Gasteiger partial charge in [0.25, 0.3) is 0 Å². The van der Waals surface area contributed by atoms with Gasteiger partial charge in [-0.05, 0) is 32.1 Å². The molecule has 0 atom stereocenters. The first kappa shape index (κ1) is 15.1. The summed E-state index contributed by atoms with van der Waals surface area (Å²) in [5.41, 5.74) is 1.35. The Morgan fingerprint density at radius 3 is 2.70 bits per heavy atom. The average molecular weight is 306 g/mol. The van der Waals surface area contributed by atoms with Crippen LogP contribution in [0.4, 0.5) is 19.0 Å². The zero-order valence-corrected chi connectivity index (χ0v) is 11.6. The smallest absolute Gasteiger partial charge is 0.370 e. The Labute approximate surface area is 120 Å². The van der Waals surface area contributed by atoms with Gasteiger partial charge in [-0.15, -0.1) is 0 Å². The van der Waals surface area contributed by atoms with E-state index in [1.165, 1.54) is 24.5 Å². The summed E-state index contributed by atoms with van der Waals surface area (Å²) < 4.78 is 37.6. The van der Waals surface area contributed by atoms with Crippen LogP contribution in [0.3, 0.4) is 0 Å². The van der Waals surface area contributed by atoms with Crippen molar-refractivity contribution in [1.29, 1.82) is 0 Å². The summed E-state index contributed by atoms with van der Waals surface area (Å²) in [6.07, 6.45) is 2.99. The molecular formula is C13H15ClF3N3. The minimum Gasteiger partial charge on any atom is -0.370 e. The molecule has 1 N–H and O–H groups in total. The van der Waals surface area contributed by atoms with Gasteiger partial charge in [-0.3, -0.25) is 0 Å². The number of nitrogens with zero attached hydrogens (tertiary/aromatic N) is 2. The lowest BCUT2D eigenvalue weighted by Gasteiger charge is -2.13. The number of aromatic nitrogens is 2. The van der Waals surface area contributed by atoms with Gasteiger partial charge in [-0.1, -0.05) is 23.3 Å². The molecule has 3 nitrogen and oxygen atoms in total. The molecule has 0 aliphatic heterocycles. The average Bonchev–Trinajstić information content (AvgIpc) is 2.38. The van der Waals surface area contributed by atoms with Gasteiger partial charge in [-0.25, -0.2) is 9.97 Å².